The van der Waals surface area contributed by atoms with Crippen molar-refractivity contribution in [3.8, 4) is 0 Å². The monoisotopic (exact) mass is 669 g/mol. The van der Waals surface area contributed by atoms with Crippen molar-refractivity contribution in [1.29, 1.82) is 0 Å². The molecule has 1 N–H and O–H groups in total. The highest BCUT2D eigenvalue weighted by atomic mass is 35.5. The van der Waals surface area contributed by atoms with E-state index in [-0.39, 0.29) is 39.1 Å². The van der Waals surface area contributed by atoms with E-state index in [0.29, 0.717) is 15.6 Å². The molecule has 0 aliphatic heterocycles. The smallest absolute Gasteiger partial charge is 0.264 e. The SMILES string of the molecule is C[C@@H](C(=O)NC1CCCCC1)N(Cc1ccc(Cl)c(Cl)c1)C(=O)CN(c1cc(Cl)cc(Cl)c1)S(=O)(=O)c1ccccc1. The van der Waals surface area contributed by atoms with Gasteiger partial charge in [-0.3, -0.25) is 13.9 Å². The molecule has 0 radical (unpaired) electrons. The molecule has 0 heterocycles. The Labute approximate surface area is 266 Å². The summed E-state index contributed by atoms with van der Waals surface area (Å²) in [4.78, 5) is 28.8. The first-order valence-corrected chi connectivity index (χ1v) is 16.5. The summed E-state index contributed by atoms with van der Waals surface area (Å²) in [6.45, 7) is 1.00. The first kappa shape index (κ1) is 32.4. The number of anilines is 1. The molecule has 1 atom stereocenters. The van der Waals surface area contributed by atoms with Crippen molar-refractivity contribution in [3.05, 3.63) is 92.4 Å². The lowest BCUT2D eigenvalue weighted by molar-refractivity contribution is -0.139. The van der Waals surface area contributed by atoms with Gasteiger partial charge in [0.15, 0.2) is 0 Å². The van der Waals surface area contributed by atoms with Crippen LogP contribution in [0.4, 0.5) is 5.69 Å². The molecule has 1 aliphatic rings. The fourth-order valence-electron chi connectivity index (χ4n) is 4.92. The first-order chi connectivity index (χ1) is 20.0. The molecule has 2 amide bonds. The summed E-state index contributed by atoms with van der Waals surface area (Å²) >= 11 is 24.8. The second-order valence-electron chi connectivity index (χ2n) is 10.2. The van der Waals surface area contributed by atoms with E-state index in [1.54, 1.807) is 43.3 Å². The molecule has 4 rings (SSSR count). The lowest BCUT2D eigenvalue weighted by atomic mass is 9.95. The second kappa shape index (κ2) is 14.3. The second-order valence-corrected chi connectivity index (χ2v) is 13.8. The minimum Gasteiger partial charge on any atom is -0.352 e. The molecule has 0 saturated heterocycles. The summed E-state index contributed by atoms with van der Waals surface area (Å²) in [6.07, 6.45) is 4.93. The number of sulfonamides is 1. The summed E-state index contributed by atoms with van der Waals surface area (Å²) in [5, 5.41) is 4.11. The largest absolute Gasteiger partial charge is 0.352 e. The normalized spacial score (nSPS) is 14.7. The van der Waals surface area contributed by atoms with Crippen molar-refractivity contribution in [3.63, 3.8) is 0 Å². The van der Waals surface area contributed by atoms with Crippen molar-refractivity contribution >= 4 is 73.9 Å². The lowest BCUT2D eigenvalue weighted by Gasteiger charge is -2.33. The van der Waals surface area contributed by atoms with Crippen LogP contribution in [0.1, 0.15) is 44.6 Å². The van der Waals surface area contributed by atoms with E-state index in [4.69, 9.17) is 46.4 Å². The Kier molecular flexibility index (Phi) is 11.1. The van der Waals surface area contributed by atoms with Gasteiger partial charge in [-0.2, -0.15) is 0 Å². The van der Waals surface area contributed by atoms with Gasteiger partial charge < -0.3 is 10.2 Å². The zero-order valence-electron chi connectivity index (χ0n) is 22.9. The Morgan fingerprint density at radius 2 is 1.52 bits per heavy atom. The maximum Gasteiger partial charge on any atom is 0.264 e. The minimum atomic E-state index is -4.24. The predicted molar refractivity (Wildman–Crippen MR) is 169 cm³/mol. The van der Waals surface area contributed by atoms with Crippen LogP contribution in [0.3, 0.4) is 0 Å². The van der Waals surface area contributed by atoms with Gasteiger partial charge in [-0.15, -0.1) is 0 Å². The zero-order chi connectivity index (χ0) is 30.4. The summed E-state index contributed by atoms with van der Waals surface area (Å²) < 4.78 is 28.7. The van der Waals surface area contributed by atoms with Crippen LogP contribution < -0.4 is 9.62 Å². The number of nitrogens with one attached hydrogen (secondary N) is 1. The molecule has 12 heteroatoms. The van der Waals surface area contributed by atoms with Crippen LogP contribution in [-0.2, 0) is 26.2 Å². The third-order valence-electron chi connectivity index (χ3n) is 7.20. The van der Waals surface area contributed by atoms with Gasteiger partial charge >= 0.3 is 0 Å². The van der Waals surface area contributed by atoms with Gasteiger partial charge in [0, 0.05) is 22.6 Å². The predicted octanol–water partition coefficient (Wildman–Crippen LogP) is 7.36. The molecule has 0 aromatic heterocycles. The lowest BCUT2D eigenvalue weighted by Crippen LogP contribution is -2.53. The van der Waals surface area contributed by atoms with Crippen molar-refractivity contribution in [1.82, 2.24) is 10.2 Å². The van der Waals surface area contributed by atoms with Gasteiger partial charge in [-0.25, -0.2) is 8.42 Å². The van der Waals surface area contributed by atoms with Gasteiger partial charge in [-0.1, -0.05) is 89.9 Å². The number of hydrogen-bond acceptors (Lipinski definition) is 4. The Morgan fingerprint density at radius 1 is 0.881 bits per heavy atom. The third kappa shape index (κ3) is 8.11. The van der Waals surface area contributed by atoms with E-state index in [1.165, 1.54) is 35.2 Å². The van der Waals surface area contributed by atoms with Crippen LogP contribution in [0.25, 0.3) is 0 Å². The first-order valence-electron chi connectivity index (χ1n) is 13.5. The molecule has 1 fully saturated rings. The minimum absolute atomic E-state index is 0.00942. The van der Waals surface area contributed by atoms with Crippen LogP contribution in [0.5, 0.6) is 0 Å². The fourth-order valence-corrected chi connectivity index (χ4v) is 7.17. The van der Waals surface area contributed by atoms with Crippen molar-refractivity contribution < 1.29 is 18.0 Å². The van der Waals surface area contributed by atoms with Crippen LogP contribution in [0.15, 0.2) is 71.6 Å². The summed E-state index contributed by atoms with van der Waals surface area (Å²) in [5.41, 5.74) is 0.733. The van der Waals surface area contributed by atoms with E-state index in [0.717, 1.165) is 36.4 Å². The zero-order valence-corrected chi connectivity index (χ0v) is 26.7. The molecule has 42 heavy (non-hydrogen) atoms. The fraction of sp³-hybridized carbons (Fsp3) is 0.333. The molecule has 0 spiro atoms. The van der Waals surface area contributed by atoms with Crippen LogP contribution >= 0.6 is 46.4 Å². The Balaban J connectivity index is 1.70. The van der Waals surface area contributed by atoms with E-state index in [1.807, 2.05) is 0 Å². The van der Waals surface area contributed by atoms with E-state index < -0.39 is 28.5 Å². The molecular formula is C30H31Cl4N3O4S. The van der Waals surface area contributed by atoms with Crippen LogP contribution in [0.2, 0.25) is 20.1 Å². The summed E-state index contributed by atoms with van der Waals surface area (Å²) in [6, 6.07) is 16.1. The van der Waals surface area contributed by atoms with E-state index >= 15 is 0 Å². The van der Waals surface area contributed by atoms with Gasteiger partial charge in [0.1, 0.15) is 12.6 Å². The molecule has 7 nitrogen and oxygen atoms in total. The molecule has 1 aliphatic carbocycles. The van der Waals surface area contributed by atoms with E-state index in [2.05, 4.69) is 5.32 Å². The van der Waals surface area contributed by atoms with Crippen LogP contribution in [0, 0.1) is 0 Å². The molecular weight excluding hydrogens is 640 g/mol. The highest BCUT2D eigenvalue weighted by Crippen LogP contribution is 2.30. The number of hydrogen-bond donors (Lipinski definition) is 1. The van der Waals surface area contributed by atoms with Gasteiger partial charge in [0.25, 0.3) is 10.0 Å². The molecule has 1 saturated carbocycles. The topological polar surface area (TPSA) is 86.8 Å². The third-order valence-corrected chi connectivity index (χ3v) is 10.2. The number of nitrogens with zero attached hydrogens (tertiary/aromatic N) is 2. The number of halogens is 4. The molecule has 3 aromatic carbocycles. The van der Waals surface area contributed by atoms with E-state index in [9.17, 15) is 18.0 Å². The highest BCUT2D eigenvalue weighted by Gasteiger charge is 2.33. The van der Waals surface area contributed by atoms with Crippen molar-refractivity contribution in [2.24, 2.45) is 0 Å². The molecule has 224 valence electrons. The number of carbonyl (C=O) groups is 2. The molecule has 3 aromatic rings. The average Bonchev–Trinajstić information content (AvgIpc) is 2.96. The van der Waals surface area contributed by atoms with Gasteiger partial charge in [0.05, 0.1) is 20.6 Å². The number of rotatable bonds is 10. The summed E-state index contributed by atoms with van der Waals surface area (Å²) in [5.74, 6) is -0.929. The Bertz CT molecular complexity index is 1510. The van der Waals surface area contributed by atoms with Crippen molar-refractivity contribution in [2.45, 2.75) is 62.6 Å². The van der Waals surface area contributed by atoms with Gasteiger partial charge in [0.2, 0.25) is 11.8 Å². The number of benzene rings is 3. The average molecular weight is 671 g/mol. The standard InChI is InChI=1S/C30H31Cl4N3O4S/c1-20(30(39)35-24-8-4-2-5-9-24)36(18-21-12-13-27(33)28(34)14-21)29(38)19-37(25-16-22(31)15-23(32)17-25)42(40,41)26-10-6-3-7-11-26/h3,6-7,10-17,20,24H,2,4-5,8-9,18-19H2,1H3,(H,35,39)/t20-/m0/s1. The number of carbonyl (C=O) groups excluding carboxylic acids is 2. The molecule has 0 unspecified atom stereocenters. The Hall–Kier alpha value is -2.49. The van der Waals surface area contributed by atoms with Gasteiger partial charge in [-0.05, 0) is 67.8 Å². The quantitative estimate of drug-likeness (QED) is 0.244. The van der Waals surface area contributed by atoms with Crippen LogP contribution in [-0.4, -0.2) is 43.8 Å². The highest BCUT2D eigenvalue weighted by molar-refractivity contribution is 7.92. The van der Waals surface area contributed by atoms with Crippen molar-refractivity contribution in [2.75, 3.05) is 10.8 Å². The summed E-state index contributed by atoms with van der Waals surface area (Å²) in [7, 11) is -4.24. The maximum atomic E-state index is 14.1. The number of amides is 2. The maximum absolute atomic E-state index is 14.1. The Morgan fingerprint density at radius 3 is 2.14 bits per heavy atom. The molecule has 0 bridgehead atoms.